The molecule has 4 aliphatic rings. The Balaban J connectivity index is 0.942. The van der Waals surface area contributed by atoms with Gasteiger partial charge in [-0.15, -0.1) is 0 Å². The highest BCUT2D eigenvalue weighted by Crippen LogP contribution is 2.49. The molecule has 0 fully saturated rings. The normalized spacial score (nSPS) is 13.2. The minimum Gasteiger partial charge on any atom is -0.458 e. The van der Waals surface area contributed by atoms with Crippen molar-refractivity contribution in [3.8, 4) is 22.9 Å². The fourth-order valence-electron chi connectivity index (χ4n) is 14.3. The maximum absolute atomic E-state index is 7.68. The number of hydrogen-bond acceptors (Lipinski definition) is 4. The summed E-state index contributed by atoms with van der Waals surface area (Å²) in [6.45, 7) is -0.253. The van der Waals surface area contributed by atoms with Crippen LogP contribution in [0.25, 0.3) is 55.0 Å². The van der Waals surface area contributed by atoms with Crippen molar-refractivity contribution >= 4 is 141 Å². The number of rotatable bonds is 6. The molecule has 0 saturated carbocycles. The molecule has 18 rings (SSSR count). The van der Waals surface area contributed by atoms with Crippen LogP contribution >= 0.6 is 0 Å². The van der Waals surface area contributed by atoms with E-state index >= 15 is 0 Å². The third-order valence-electron chi connectivity index (χ3n) is 17.4. The first-order chi connectivity index (χ1) is 39.7. The van der Waals surface area contributed by atoms with Crippen LogP contribution in [0.1, 0.15) is 0 Å². The van der Waals surface area contributed by atoms with Crippen molar-refractivity contribution in [2.75, 3.05) is 14.7 Å². The third-order valence-corrected chi connectivity index (χ3v) is 17.4. The van der Waals surface area contributed by atoms with Crippen LogP contribution in [0.2, 0.25) is 0 Å². The van der Waals surface area contributed by atoms with Crippen molar-refractivity contribution in [2.24, 2.45) is 0 Å². The molecule has 14 aromatic rings. The van der Waals surface area contributed by atoms with E-state index in [9.17, 15) is 0 Å². The van der Waals surface area contributed by atoms with Crippen LogP contribution < -0.4 is 52.2 Å². The average molecular weight is 1020 g/mol. The number of anilines is 9. The molecule has 0 bridgehead atoms. The van der Waals surface area contributed by atoms with Crippen molar-refractivity contribution in [2.45, 2.75) is 0 Å². The second kappa shape index (κ2) is 16.5. The van der Waals surface area contributed by atoms with Crippen molar-refractivity contribution in [3.05, 3.63) is 273 Å². The second-order valence-corrected chi connectivity index (χ2v) is 21.6. The number of fused-ring (bicyclic) bond motifs is 14. The number of benzene rings is 12. The highest BCUT2D eigenvalue weighted by Gasteiger charge is 2.47. The molecule has 2 aromatic heterocycles. The summed E-state index contributed by atoms with van der Waals surface area (Å²) in [5.74, 6) is 1.71. The molecule has 0 N–H and O–H groups in total. The predicted octanol–water partition coefficient (Wildman–Crippen LogP) is 14.4. The van der Waals surface area contributed by atoms with Crippen LogP contribution in [0.4, 0.5) is 51.2 Å². The highest BCUT2D eigenvalue weighted by molar-refractivity contribution is 7.02. The van der Waals surface area contributed by atoms with Crippen LogP contribution in [0.3, 0.4) is 0 Å². The Labute approximate surface area is 463 Å². The lowest BCUT2D eigenvalue weighted by molar-refractivity contribution is 0.487. The quantitative estimate of drug-likeness (QED) is 0.155. The summed E-state index contributed by atoms with van der Waals surface area (Å²) in [7, 11) is 0. The summed E-state index contributed by atoms with van der Waals surface area (Å²) >= 11 is 0. The van der Waals surface area contributed by atoms with Gasteiger partial charge in [0.2, 0.25) is 0 Å². The number of ether oxygens (including phenoxy) is 1. The molecule has 0 spiro atoms. The molecule has 0 radical (unpaired) electrons. The lowest BCUT2D eigenvalue weighted by Gasteiger charge is -2.43. The average Bonchev–Trinajstić information content (AvgIpc) is 3.97. The summed E-state index contributed by atoms with van der Waals surface area (Å²) in [5, 5.41) is 4.94. The topological polar surface area (TPSA) is 28.8 Å². The van der Waals surface area contributed by atoms with Gasteiger partial charge in [0.1, 0.15) is 11.5 Å². The summed E-state index contributed by atoms with van der Waals surface area (Å²) in [4.78, 5) is 7.39. The molecule has 6 nitrogen and oxygen atoms in total. The van der Waals surface area contributed by atoms with E-state index in [0.29, 0.717) is 0 Å². The van der Waals surface area contributed by atoms with Gasteiger partial charge in [0, 0.05) is 90.4 Å². The van der Waals surface area contributed by atoms with Crippen LogP contribution in [0.5, 0.6) is 11.5 Å². The fraction of sp³-hybridized carbons (Fsp3) is 0. The van der Waals surface area contributed by atoms with Gasteiger partial charge in [0.05, 0.1) is 27.9 Å². The molecule has 370 valence electrons. The lowest BCUT2D eigenvalue weighted by atomic mass is 9.30. The van der Waals surface area contributed by atoms with Gasteiger partial charge < -0.3 is 28.6 Å². The Bertz CT molecular complexity index is 4810. The number of nitrogens with zero attached hydrogens (tertiary/aromatic N) is 5. The Morgan fingerprint density at radius 2 is 0.787 bits per heavy atom. The molecular weight excluding hydrogens is 972 g/mol. The van der Waals surface area contributed by atoms with E-state index in [-0.39, 0.29) is 13.4 Å². The Kier molecular flexibility index (Phi) is 9.03. The number of para-hydroxylation sites is 9. The SMILES string of the molecule is c1ccc(N(c2ccccc2)c2cc3c4c(c2)-n2c5ccccc5c5cccc(c52)B4c2cc4c(cc2N3c2ccccc2)Oc2cc(-n3c5ccccc5c5ccccc53)cc3c2B4c2ccccc2N3c2ccccc2)cc1. The Morgan fingerprint density at radius 3 is 1.45 bits per heavy atom. The first kappa shape index (κ1) is 43.6. The summed E-state index contributed by atoms with van der Waals surface area (Å²) < 4.78 is 12.7. The summed E-state index contributed by atoms with van der Waals surface area (Å²) in [6.07, 6.45) is 0. The highest BCUT2D eigenvalue weighted by atomic mass is 16.5. The fourth-order valence-corrected chi connectivity index (χ4v) is 14.3. The second-order valence-electron chi connectivity index (χ2n) is 21.6. The van der Waals surface area contributed by atoms with Crippen LogP contribution in [-0.4, -0.2) is 22.6 Å². The van der Waals surface area contributed by atoms with Gasteiger partial charge in [0.15, 0.2) is 0 Å². The lowest BCUT2D eigenvalue weighted by Crippen LogP contribution is -2.64. The third kappa shape index (κ3) is 5.99. The molecule has 6 heterocycles. The van der Waals surface area contributed by atoms with E-state index in [0.717, 1.165) is 84.9 Å². The van der Waals surface area contributed by atoms with Gasteiger partial charge in [-0.2, -0.15) is 0 Å². The van der Waals surface area contributed by atoms with Crippen molar-refractivity contribution < 1.29 is 4.74 Å². The first-order valence-corrected chi connectivity index (χ1v) is 27.7. The van der Waals surface area contributed by atoms with E-state index in [2.05, 4.69) is 297 Å². The zero-order valence-corrected chi connectivity index (χ0v) is 43.3. The molecule has 0 saturated heterocycles. The largest absolute Gasteiger partial charge is 0.458 e. The zero-order valence-electron chi connectivity index (χ0n) is 43.3. The van der Waals surface area contributed by atoms with Gasteiger partial charge in [-0.05, 0) is 124 Å². The van der Waals surface area contributed by atoms with Gasteiger partial charge in [-0.1, -0.05) is 170 Å². The van der Waals surface area contributed by atoms with Crippen LogP contribution in [-0.2, 0) is 0 Å². The van der Waals surface area contributed by atoms with Gasteiger partial charge in [-0.3, -0.25) is 0 Å². The zero-order chi connectivity index (χ0) is 52.2. The molecule has 12 aromatic carbocycles. The van der Waals surface area contributed by atoms with E-state index in [1.807, 2.05) is 0 Å². The van der Waals surface area contributed by atoms with Crippen LogP contribution in [0, 0.1) is 0 Å². The maximum atomic E-state index is 7.68. The molecule has 0 unspecified atom stereocenters. The molecule has 0 aliphatic carbocycles. The minimum absolute atomic E-state index is 0.116. The maximum Gasteiger partial charge on any atom is 0.256 e. The molecule has 8 heteroatoms. The van der Waals surface area contributed by atoms with E-state index in [4.69, 9.17) is 4.74 Å². The van der Waals surface area contributed by atoms with E-state index in [1.54, 1.807) is 0 Å². The first-order valence-electron chi connectivity index (χ1n) is 27.7. The molecule has 4 aliphatic heterocycles. The minimum atomic E-state index is -0.137. The van der Waals surface area contributed by atoms with Gasteiger partial charge in [-0.25, -0.2) is 0 Å². The van der Waals surface area contributed by atoms with Crippen molar-refractivity contribution in [3.63, 3.8) is 0 Å². The Hall–Kier alpha value is -10.4. The standard InChI is InChI=1S/C72H45B2N5O/c1-5-22-46(23-6-1)75(47-24-7-2-8-25-47)50-40-65-70-66(41-50)79-62-38-19-15-32-54(62)55-33-21-35-57(72(55)79)74(70)58-44-59-68(45-64(58)77(65)49-28-11-4-12-29-49)80-69-43-51(78-60-36-17-13-30-52(60)53-31-14-18-37-61(53)78)42-67-71(69)73(59)56-34-16-20-39-63(56)76(67)48-26-9-3-10-27-48/h1-45H. The summed E-state index contributed by atoms with van der Waals surface area (Å²) in [5.41, 5.74) is 24.3. The van der Waals surface area contributed by atoms with Gasteiger partial charge >= 0.3 is 0 Å². The number of hydrogen-bond donors (Lipinski definition) is 0. The van der Waals surface area contributed by atoms with Crippen LogP contribution in [0.15, 0.2) is 273 Å². The smallest absolute Gasteiger partial charge is 0.256 e. The summed E-state index contributed by atoms with van der Waals surface area (Å²) in [6, 6.07) is 100. The predicted molar refractivity (Wildman–Crippen MR) is 335 cm³/mol. The molecule has 80 heavy (non-hydrogen) atoms. The van der Waals surface area contributed by atoms with Gasteiger partial charge in [0.25, 0.3) is 13.4 Å². The van der Waals surface area contributed by atoms with E-state index < -0.39 is 0 Å². The molecule has 0 atom stereocenters. The molecular formula is C72H45B2N5O. The molecule has 0 amide bonds. The van der Waals surface area contributed by atoms with E-state index in [1.165, 1.54) is 65.6 Å². The van der Waals surface area contributed by atoms with Crippen molar-refractivity contribution in [1.29, 1.82) is 0 Å². The van der Waals surface area contributed by atoms with Crippen molar-refractivity contribution in [1.82, 2.24) is 9.13 Å². The number of aromatic nitrogens is 2. The monoisotopic (exact) mass is 1020 g/mol. The Morgan fingerprint density at radius 1 is 0.287 bits per heavy atom.